The number of carboxylic acid groups (broad SMARTS) is 1. The van der Waals surface area contributed by atoms with E-state index in [0.29, 0.717) is 12.0 Å². The molecule has 0 radical (unpaired) electrons. The molecule has 3 heterocycles. The Hall–Kier alpha value is -1.89. The van der Waals surface area contributed by atoms with Crippen molar-refractivity contribution < 1.29 is 9.90 Å². The molecule has 2 saturated heterocycles. The molecule has 0 unspecified atom stereocenters. The number of nitrogens with one attached hydrogen (secondary N) is 1. The van der Waals surface area contributed by atoms with E-state index >= 15 is 0 Å². The lowest BCUT2D eigenvalue weighted by Crippen LogP contribution is -2.41. The maximum Gasteiger partial charge on any atom is 0.404 e. The first-order valence-corrected chi connectivity index (χ1v) is 11.4. The molecule has 2 fully saturated rings. The summed E-state index contributed by atoms with van der Waals surface area (Å²) in [4.78, 5) is 17.4. The van der Waals surface area contributed by atoms with Gasteiger partial charge in [-0.1, -0.05) is 24.3 Å². The highest BCUT2D eigenvalue weighted by Gasteiger charge is 2.40. The molecule has 4 rings (SSSR count). The molecule has 2 N–H and O–H groups in total. The van der Waals surface area contributed by atoms with Crippen molar-refractivity contribution in [2.45, 2.75) is 45.8 Å². The van der Waals surface area contributed by atoms with Crippen LogP contribution in [0.5, 0.6) is 0 Å². The molecular weight excluding hydrogens is 382 g/mol. The summed E-state index contributed by atoms with van der Waals surface area (Å²) in [6.45, 7) is 9.53. The topological polar surface area (TPSA) is 55.8 Å². The van der Waals surface area contributed by atoms with E-state index in [1.807, 2.05) is 23.5 Å². The number of amides is 1. The molecule has 0 bridgehead atoms. The van der Waals surface area contributed by atoms with Gasteiger partial charge >= 0.3 is 6.09 Å². The van der Waals surface area contributed by atoms with Crippen LogP contribution in [0, 0.1) is 12.3 Å². The van der Waals surface area contributed by atoms with Gasteiger partial charge in [-0.15, -0.1) is 11.3 Å². The molecule has 2 aromatic rings. The zero-order chi connectivity index (χ0) is 20.3. The lowest BCUT2D eigenvalue weighted by molar-refractivity contribution is 0.102. The SMILES string of the molecule is Cc1ccsc1CN1CCC2(CC1)CCN(Cc1ccc(CNC(=O)O)cc1)C2. The maximum atomic E-state index is 10.6. The Morgan fingerprint density at radius 2 is 1.69 bits per heavy atom. The molecule has 2 aliphatic heterocycles. The van der Waals surface area contributed by atoms with Gasteiger partial charge in [-0.25, -0.2) is 4.79 Å². The van der Waals surface area contributed by atoms with Crippen molar-refractivity contribution in [3.63, 3.8) is 0 Å². The summed E-state index contributed by atoms with van der Waals surface area (Å²) in [7, 11) is 0. The largest absolute Gasteiger partial charge is 0.465 e. The Morgan fingerprint density at radius 3 is 2.31 bits per heavy atom. The van der Waals surface area contributed by atoms with Crippen molar-refractivity contribution in [2.75, 3.05) is 26.2 Å². The van der Waals surface area contributed by atoms with Gasteiger partial charge in [0.15, 0.2) is 0 Å². The predicted octanol–water partition coefficient (Wildman–Crippen LogP) is 4.31. The predicted molar refractivity (Wildman–Crippen MR) is 117 cm³/mol. The van der Waals surface area contributed by atoms with E-state index in [2.05, 4.69) is 45.6 Å². The van der Waals surface area contributed by atoms with E-state index < -0.39 is 6.09 Å². The summed E-state index contributed by atoms with van der Waals surface area (Å²) in [6.07, 6.45) is 2.97. The highest BCUT2D eigenvalue weighted by atomic mass is 32.1. The maximum absolute atomic E-state index is 10.6. The third kappa shape index (κ3) is 5.18. The lowest BCUT2D eigenvalue weighted by Gasteiger charge is -2.39. The van der Waals surface area contributed by atoms with Crippen LogP contribution in [0.15, 0.2) is 35.7 Å². The highest BCUT2D eigenvalue weighted by Crippen LogP contribution is 2.41. The van der Waals surface area contributed by atoms with Crippen molar-refractivity contribution >= 4 is 17.4 Å². The van der Waals surface area contributed by atoms with E-state index in [4.69, 9.17) is 5.11 Å². The number of thiophene rings is 1. The molecule has 0 aliphatic carbocycles. The van der Waals surface area contributed by atoms with Gasteiger partial charge in [0.05, 0.1) is 0 Å². The van der Waals surface area contributed by atoms with E-state index in [0.717, 1.165) is 18.7 Å². The molecule has 156 valence electrons. The quantitative estimate of drug-likeness (QED) is 0.741. The fourth-order valence-electron chi connectivity index (χ4n) is 4.72. The van der Waals surface area contributed by atoms with Crippen LogP contribution in [0.2, 0.25) is 0 Å². The van der Waals surface area contributed by atoms with Crippen LogP contribution < -0.4 is 5.32 Å². The van der Waals surface area contributed by atoms with Crippen LogP contribution in [0.1, 0.15) is 40.8 Å². The van der Waals surface area contributed by atoms with Crippen LogP contribution in [-0.4, -0.2) is 47.2 Å². The molecule has 1 spiro atoms. The Morgan fingerprint density at radius 1 is 1.03 bits per heavy atom. The number of benzene rings is 1. The molecule has 5 nitrogen and oxygen atoms in total. The summed E-state index contributed by atoms with van der Waals surface area (Å²) in [5.41, 5.74) is 4.26. The zero-order valence-electron chi connectivity index (χ0n) is 17.2. The van der Waals surface area contributed by atoms with E-state index in [1.165, 1.54) is 61.4 Å². The Balaban J connectivity index is 1.25. The lowest BCUT2D eigenvalue weighted by atomic mass is 9.78. The molecule has 29 heavy (non-hydrogen) atoms. The van der Waals surface area contributed by atoms with Crippen molar-refractivity contribution in [2.24, 2.45) is 5.41 Å². The van der Waals surface area contributed by atoms with Gasteiger partial charge in [0.2, 0.25) is 0 Å². The van der Waals surface area contributed by atoms with Gasteiger partial charge < -0.3 is 10.4 Å². The first-order valence-electron chi connectivity index (χ1n) is 10.5. The number of carbonyl (C=O) groups is 1. The summed E-state index contributed by atoms with van der Waals surface area (Å²) in [6, 6.07) is 10.6. The Labute approximate surface area is 177 Å². The summed E-state index contributed by atoms with van der Waals surface area (Å²) in [5, 5.41) is 13.3. The van der Waals surface area contributed by atoms with Gasteiger partial charge in [0, 0.05) is 31.1 Å². The van der Waals surface area contributed by atoms with Crippen molar-refractivity contribution in [3.8, 4) is 0 Å². The van der Waals surface area contributed by atoms with Crippen LogP contribution in [0.4, 0.5) is 4.79 Å². The molecule has 1 aromatic heterocycles. The number of piperidine rings is 1. The molecule has 1 amide bonds. The summed E-state index contributed by atoms with van der Waals surface area (Å²) < 4.78 is 0. The third-order valence-electron chi connectivity index (χ3n) is 6.64. The van der Waals surface area contributed by atoms with E-state index in [-0.39, 0.29) is 0 Å². The van der Waals surface area contributed by atoms with Crippen LogP contribution in [0.3, 0.4) is 0 Å². The van der Waals surface area contributed by atoms with Crippen molar-refractivity contribution in [1.29, 1.82) is 0 Å². The van der Waals surface area contributed by atoms with Crippen LogP contribution in [-0.2, 0) is 19.6 Å². The second-order valence-corrected chi connectivity index (χ2v) is 9.74. The zero-order valence-corrected chi connectivity index (χ0v) is 18.0. The highest BCUT2D eigenvalue weighted by molar-refractivity contribution is 7.10. The summed E-state index contributed by atoms with van der Waals surface area (Å²) >= 11 is 1.89. The number of hydrogen-bond donors (Lipinski definition) is 2. The third-order valence-corrected chi connectivity index (χ3v) is 7.65. The number of hydrogen-bond acceptors (Lipinski definition) is 4. The second-order valence-electron chi connectivity index (χ2n) is 8.74. The average molecular weight is 414 g/mol. The monoisotopic (exact) mass is 413 g/mol. The minimum atomic E-state index is -0.979. The molecule has 2 aliphatic rings. The van der Waals surface area contributed by atoms with Crippen molar-refractivity contribution in [1.82, 2.24) is 15.1 Å². The molecule has 0 saturated carbocycles. The number of rotatable bonds is 6. The number of nitrogens with zero attached hydrogens (tertiary/aromatic N) is 2. The van der Waals surface area contributed by atoms with Crippen molar-refractivity contribution in [3.05, 3.63) is 57.3 Å². The van der Waals surface area contributed by atoms with Gasteiger partial charge in [-0.2, -0.15) is 0 Å². The smallest absolute Gasteiger partial charge is 0.404 e. The first-order chi connectivity index (χ1) is 14.0. The summed E-state index contributed by atoms with van der Waals surface area (Å²) in [5.74, 6) is 0. The normalized spacial score (nSPS) is 19.6. The Kier molecular flexibility index (Phi) is 6.23. The average Bonchev–Trinajstić information content (AvgIpc) is 3.29. The molecule has 6 heteroatoms. The van der Waals surface area contributed by atoms with Gasteiger partial charge in [0.1, 0.15) is 0 Å². The molecule has 0 atom stereocenters. The first kappa shape index (κ1) is 20.4. The second kappa shape index (κ2) is 8.86. The number of likely N-dealkylation sites (tertiary alicyclic amines) is 2. The van der Waals surface area contributed by atoms with E-state index in [1.54, 1.807) is 0 Å². The van der Waals surface area contributed by atoms with Gasteiger partial charge in [0.25, 0.3) is 0 Å². The number of aryl methyl sites for hydroxylation is 1. The van der Waals surface area contributed by atoms with E-state index in [9.17, 15) is 4.79 Å². The standard InChI is InChI=1S/C23H31N3O2S/c1-18-6-13-29-21(18)16-25-10-7-23(8-11-25)9-12-26(17-23)15-20-4-2-19(3-5-20)14-24-22(27)28/h2-6,13,24H,7-12,14-17H2,1H3,(H,27,28). The fraction of sp³-hybridized carbons (Fsp3) is 0.522. The molecule has 1 aromatic carbocycles. The minimum Gasteiger partial charge on any atom is -0.465 e. The van der Waals surface area contributed by atoms with Crippen LogP contribution >= 0.6 is 11.3 Å². The van der Waals surface area contributed by atoms with Gasteiger partial charge in [-0.05, 0) is 79.4 Å². The minimum absolute atomic E-state index is 0.365. The Bertz CT molecular complexity index is 825. The molecular formula is C23H31N3O2S. The van der Waals surface area contributed by atoms with Crippen LogP contribution in [0.25, 0.3) is 0 Å². The van der Waals surface area contributed by atoms with Gasteiger partial charge in [-0.3, -0.25) is 9.80 Å². The fourth-order valence-corrected chi connectivity index (χ4v) is 5.67.